The normalized spacial score (nSPS) is 22.0. The van der Waals surface area contributed by atoms with Gasteiger partial charge in [-0.05, 0) is 18.8 Å². The minimum absolute atomic E-state index is 0. The van der Waals surface area contributed by atoms with Crippen LogP contribution in [0.1, 0.15) is 40.0 Å². The van der Waals surface area contributed by atoms with Crippen molar-refractivity contribution in [3.63, 3.8) is 0 Å². The molecule has 0 aromatic heterocycles. The monoisotopic (exact) mass is 358 g/mol. The molecule has 21 heavy (non-hydrogen) atoms. The third-order valence-electron chi connectivity index (χ3n) is 3.33. The molecule has 0 saturated heterocycles. The van der Waals surface area contributed by atoms with Crippen molar-refractivity contribution in [2.45, 2.75) is 40.0 Å². The Kier molecular flexibility index (Phi) is 12.4. The van der Waals surface area contributed by atoms with Crippen LogP contribution < -0.4 is 40.0 Å². The van der Waals surface area contributed by atoms with E-state index in [0.29, 0.717) is 9.95 Å². The maximum absolute atomic E-state index is 11.9. The number of thiol groups is 2. The molecule has 1 heterocycles. The first-order valence-electron chi connectivity index (χ1n) is 6.25. The number of thiocarbonyl (C=S) groups is 1. The predicted molar refractivity (Wildman–Crippen MR) is 88.0 cm³/mol. The Morgan fingerprint density at radius 2 is 1.90 bits per heavy atom. The van der Waals surface area contributed by atoms with Gasteiger partial charge in [0.2, 0.25) is 5.91 Å². The van der Waals surface area contributed by atoms with E-state index in [1.807, 2.05) is 13.8 Å². The molecular weight excluding hydrogens is 339 g/mol. The van der Waals surface area contributed by atoms with Crippen molar-refractivity contribution in [3.05, 3.63) is 0 Å². The van der Waals surface area contributed by atoms with Crippen LogP contribution in [0, 0.1) is 11.3 Å². The molecule has 0 spiro atoms. The minimum Gasteiger partial charge on any atom is -0.846 e. The number of amidine groups is 1. The molecular formula is C12H19N2NaO3S3. The Balaban J connectivity index is 0. The molecule has 5 nitrogen and oxygen atoms in total. The standard InChI is InChI=1S/C11H18N2O3.CH2S3.Na/c1-4-6-7(3)11(5-2)8(14)12-10(16)13-9(11)15;2-1(3)4;/h7H,4-6H2,1-3H3,(H2,12,13,14,15,16);(H2,2,3,4);/q;;+1/p-1. The van der Waals surface area contributed by atoms with Crippen LogP contribution >= 0.6 is 37.5 Å². The number of carbonyl (C=O) groups is 2. The molecule has 1 aliphatic rings. The summed E-state index contributed by atoms with van der Waals surface area (Å²) in [7, 11) is 0. The number of rotatable bonds is 4. The summed E-state index contributed by atoms with van der Waals surface area (Å²) >= 11 is 11.4. The van der Waals surface area contributed by atoms with Crippen molar-refractivity contribution in [3.8, 4) is 0 Å². The fraction of sp³-hybridized carbons (Fsp3) is 0.667. The molecule has 1 N–H and O–H groups in total. The van der Waals surface area contributed by atoms with Crippen molar-refractivity contribution >= 4 is 58.8 Å². The Morgan fingerprint density at radius 1 is 1.43 bits per heavy atom. The van der Waals surface area contributed by atoms with Gasteiger partial charge in [-0.15, -0.1) is 25.3 Å². The van der Waals surface area contributed by atoms with E-state index in [2.05, 4.69) is 47.8 Å². The Hall–Kier alpha value is 0.400. The quantitative estimate of drug-likeness (QED) is 0.243. The van der Waals surface area contributed by atoms with Crippen LogP contribution in [0.15, 0.2) is 4.99 Å². The van der Waals surface area contributed by atoms with Crippen LogP contribution in [-0.4, -0.2) is 21.4 Å². The van der Waals surface area contributed by atoms with Gasteiger partial charge in [-0.25, -0.2) is 4.99 Å². The zero-order valence-corrected chi connectivity index (χ0v) is 17.3. The molecule has 1 aliphatic heterocycles. The number of nitrogens with one attached hydrogen (secondary N) is 1. The van der Waals surface area contributed by atoms with Crippen LogP contribution in [-0.2, 0) is 9.59 Å². The van der Waals surface area contributed by atoms with Gasteiger partial charge in [0.1, 0.15) is 5.41 Å². The minimum atomic E-state index is -1.15. The molecule has 0 aromatic carbocycles. The van der Waals surface area contributed by atoms with Crippen LogP contribution in [0.25, 0.3) is 0 Å². The van der Waals surface area contributed by atoms with Gasteiger partial charge in [0.25, 0.3) is 5.91 Å². The summed E-state index contributed by atoms with van der Waals surface area (Å²) in [5.41, 5.74) is -1.15. The second-order valence-corrected chi connectivity index (χ2v) is 6.73. The molecule has 0 radical (unpaired) electrons. The van der Waals surface area contributed by atoms with Crippen molar-refractivity contribution in [1.82, 2.24) is 5.32 Å². The van der Waals surface area contributed by atoms with Gasteiger partial charge in [-0.3, -0.25) is 9.59 Å². The Labute approximate surface area is 163 Å². The van der Waals surface area contributed by atoms with Crippen molar-refractivity contribution in [1.29, 1.82) is 0 Å². The summed E-state index contributed by atoms with van der Waals surface area (Å²) in [6, 6.07) is -0.845. The fourth-order valence-corrected chi connectivity index (χ4v) is 2.30. The Morgan fingerprint density at radius 3 is 2.24 bits per heavy atom. The van der Waals surface area contributed by atoms with Gasteiger partial charge < -0.3 is 10.4 Å². The van der Waals surface area contributed by atoms with E-state index in [9.17, 15) is 14.7 Å². The zero-order chi connectivity index (χ0) is 15.9. The van der Waals surface area contributed by atoms with Gasteiger partial charge in [-0.1, -0.05) is 39.4 Å². The van der Waals surface area contributed by atoms with Gasteiger partial charge in [0.15, 0.2) is 0 Å². The summed E-state index contributed by atoms with van der Waals surface area (Å²) < 4.78 is 0.389. The zero-order valence-electron chi connectivity index (χ0n) is 12.7. The van der Waals surface area contributed by atoms with E-state index in [4.69, 9.17) is 0 Å². The number of hydrogen-bond acceptors (Lipinski definition) is 4. The molecule has 2 amide bonds. The summed E-state index contributed by atoms with van der Waals surface area (Å²) in [5.74, 6) is -1.20. The summed E-state index contributed by atoms with van der Waals surface area (Å²) in [4.78, 5) is 27.1. The van der Waals surface area contributed by atoms with Gasteiger partial charge in [0, 0.05) is 0 Å². The first kappa shape index (κ1) is 23.7. The number of nitrogens with zero attached hydrogens (tertiary/aromatic N) is 1. The van der Waals surface area contributed by atoms with Gasteiger partial charge in [0.05, 0.1) is 9.55 Å². The molecule has 0 fully saturated rings. The smallest absolute Gasteiger partial charge is 0.846 e. The largest absolute Gasteiger partial charge is 1.00 e. The maximum atomic E-state index is 11.9. The first-order chi connectivity index (χ1) is 9.22. The summed E-state index contributed by atoms with van der Waals surface area (Å²) in [5, 5.41) is 13.1. The van der Waals surface area contributed by atoms with Crippen LogP contribution in [0.4, 0.5) is 0 Å². The van der Waals surface area contributed by atoms with Crippen molar-refractivity contribution in [2.75, 3.05) is 0 Å². The fourth-order valence-electron chi connectivity index (χ4n) is 2.30. The van der Waals surface area contributed by atoms with Crippen LogP contribution in [0.3, 0.4) is 0 Å². The van der Waals surface area contributed by atoms with Gasteiger partial charge in [-0.2, -0.15) is 0 Å². The van der Waals surface area contributed by atoms with E-state index in [-0.39, 0.29) is 35.5 Å². The number of hydrogen-bond donors (Lipinski definition) is 3. The predicted octanol–water partition coefficient (Wildman–Crippen LogP) is -1.67. The molecule has 114 valence electrons. The van der Waals surface area contributed by atoms with E-state index in [0.717, 1.165) is 12.8 Å². The third kappa shape index (κ3) is 6.58. The maximum Gasteiger partial charge on any atom is 1.00 e. The number of aliphatic imine (C=N–C) groups is 1. The summed E-state index contributed by atoms with van der Waals surface area (Å²) in [6.45, 7) is 5.62. The molecule has 9 heteroatoms. The van der Waals surface area contributed by atoms with E-state index >= 15 is 0 Å². The number of carbonyl (C=O) groups excluding carboxylic acids is 2. The molecule has 0 aromatic rings. The van der Waals surface area contributed by atoms with E-state index < -0.39 is 23.3 Å². The molecule has 2 atom stereocenters. The number of amides is 2. The van der Waals surface area contributed by atoms with Crippen LogP contribution in [0.5, 0.6) is 0 Å². The molecule has 0 bridgehead atoms. The average Bonchev–Trinajstić information content (AvgIpc) is 2.28. The first-order valence-corrected chi connectivity index (χ1v) is 7.56. The second kappa shape index (κ2) is 11.0. The summed E-state index contributed by atoms with van der Waals surface area (Å²) in [6.07, 6.45) is 2.02. The second-order valence-electron chi connectivity index (χ2n) is 4.47. The molecule has 0 aliphatic carbocycles. The van der Waals surface area contributed by atoms with E-state index in [1.165, 1.54) is 0 Å². The average molecular weight is 358 g/mol. The van der Waals surface area contributed by atoms with E-state index in [1.54, 1.807) is 6.92 Å². The molecule has 2 unspecified atom stereocenters. The molecule has 0 saturated carbocycles. The third-order valence-corrected chi connectivity index (χ3v) is 3.33. The van der Waals surface area contributed by atoms with Gasteiger partial charge >= 0.3 is 29.6 Å². The SMILES string of the molecule is CCCC(C)C1(CC)C(=O)N=C([O-])NC1=O.S=C(S)S.[Na+]. The van der Waals surface area contributed by atoms with Crippen molar-refractivity contribution in [2.24, 2.45) is 16.3 Å². The molecule has 1 rings (SSSR count). The van der Waals surface area contributed by atoms with Crippen molar-refractivity contribution < 1.29 is 44.3 Å². The Bertz CT molecular complexity index is 428. The topological polar surface area (TPSA) is 81.6 Å². The van der Waals surface area contributed by atoms with Crippen LogP contribution in [0.2, 0.25) is 0 Å².